The minimum Gasteiger partial charge on any atom is -0.481 e. The standard InChI is InChI=1S/C17H20N4O3/c1-9-6-12(13-10(2)19-20-14(13)18-9)15(22)21-7-11-4-3-5-17(11,8-21)16(23)24/h6,11H,3-5,7-8H2,1-2H3,(H,23,24)(H,18,19,20)/t11-,17+/m0/s1. The van der Waals surface area contributed by atoms with Crippen LogP contribution in [0.4, 0.5) is 0 Å². The lowest BCUT2D eigenvalue weighted by Gasteiger charge is -2.23. The Labute approximate surface area is 139 Å². The fraction of sp³-hybridized carbons (Fsp3) is 0.529. The Morgan fingerprint density at radius 1 is 1.42 bits per heavy atom. The average Bonchev–Trinajstić information content (AvgIpc) is 3.18. The lowest BCUT2D eigenvalue weighted by molar-refractivity contribution is -0.149. The van der Waals surface area contributed by atoms with E-state index >= 15 is 0 Å². The molecule has 1 aliphatic carbocycles. The molecule has 0 unspecified atom stereocenters. The maximum absolute atomic E-state index is 13.1. The van der Waals surface area contributed by atoms with E-state index in [1.54, 1.807) is 11.0 Å². The minimum absolute atomic E-state index is 0.0582. The number of hydrogen-bond donors (Lipinski definition) is 2. The summed E-state index contributed by atoms with van der Waals surface area (Å²) in [6, 6.07) is 1.77. The van der Waals surface area contributed by atoms with Crippen LogP contribution in [0.3, 0.4) is 0 Å². The van der Waals surface area contributed by atoms with Gasteiger partial charge in [-0.1, -0.05) is 6.42 Å². The number of aromatic nitrogens is 3. The van der Waals surface area contributed by atoms with Gasteiger partial charge in [0.05, 0.1) is 16.4 Å². The highest BCUT2D eigenvalue weighted by Crippen LogP contribution is 2.49. The number of nitrogens with zero attached hydrogens (tertiary/aromatic N) is 3. The lowest BCUT2D eigenvalue weighted by atomic mass is 9.81. The molecule has 2 fully saturated rings. The van der Waals surface area contributed by atoms with Gasteiger partial charge in [-0.15, -0.1) is 0 Å². The molecule has 1 saturated carbocycles. The van der Waals surface area contributed by atoms with Crippen LogP contribution in [-0.2, 0) is 4.79 Å². The number of H-pyrrole nitrogens is 1. The lowest BCUT2D eigenvalue weighted by Crippen LogP contribution is -2.37. The quantitative estimate of drug-likeness (QED) is 0.877. The molecule has 2 aliphatic rings. The highest BCUT2D eigenvalue weighted by molar-refractivity contribution is 6.06. The highest BCUT2D eigenvalue weighted by Gasteiger charge is 2.55. The van der Waals surface area contributed by atoms with E-state index in [2.05, 4.69) is 15.2 Å². The number of carboxylic acids is 1. The number of amides is 1. The molecule has 0 radical (unpaired) electrons. The molecule has 24 heavy (non-hydrogen) atoms. The first kappa shape index (κ1) is 15.1. The number of aromatic amines is 1. The van der Waals surface area contributed by atoms with Crippen molar-refractivity contribution >= 4 is 22.9 Å². The van der Waals surface area contributed by atoms with E-state index in [1.807, 2.05) is 13.8 Å². The molecule has 0 aromatic carbocycles. The predicted molar refractivity (Wildman–Crippen MR) is 86.7 cm³/mol. The van der Waals surface area contributed by atoms with Gasteiger partial charge in [0, 0.05) is 24.5 Å². The summed E-state index contributed by atoms with van der Waals surface area (Å²) in [6.45, 7) is 4.51. The number of aliphatic carboxylic acids is 1. The molecule has 126 valence electrons. The monoisotopic (exact) mass is 328 g/mol. The van der Waals surface area contributed by atoms with Gasteiger partial charge in [0.25, 0.3) is 5.91 Å². The van der Waals surface area contributed by atoms with Crippen molar-refractivity contribution in [3.8, 4) is 0 Å². The SMILES string of the molecule is Cc1cc(C(=O)N2C[C@@H]3CCC[C@@]3(C(=O)O)C2)c2c(C)[nH]nc2n1. The maximum Gasteiger partial charge on any atom is 0.311 e. The molecular weight excluding hydrogens is 308 g/mol. The van der Waals surface area contributed by atoms with Gasteiger partial charge in [0.15, 0.2) is 5.65 Å². The molecule has 0 spiro atoms. The van der Waals surface area contributed by atoms with E-state index in [4.69, 9.17) is 0 Å². The Morgan fingerprint density at radius 2 is 2.21 bits per heavy atom. The van der Waals surface area contributed by atoms with Gasteiger partial charge in [0.1, 0.15) is 0 Å². The van der Waals surface area contributed by atoms with Crippen LogP contribution < -0.4 is 0 Å². The van der Waals surface area contributed by atoms with Gasteiger partial charge < -0.3 is 10.0 Å². The smallest absolute Gasteiger partial charge is 0.311 e. The molecule has 1 aliphatic heterocycles. The van der Waals surface area contributed by atoms with Crippen LogP contribution in [0.15, 0.2) is 6.07 Å². The van der Waals surface area contributed by atoms with E-state index < -0.39 is 11.4 Å². The van der Waals surface area contributed by atoms with Crippen molar-refractivity contribution in [1.82, 2.24) is 20.1 Å². The van der Waals surface area contributed by atoms with Crippen molar-refractivity contribution in [1.29, 1.82) is 0 Å². The maximum atomic E-state index is 13.1. The van der Waals surface area contributed by atoms with Crippen LogP contribution in [0.1, 0.15) is 41.0 Å². The summed E-state index contributed by atoms with van der Waals surface area (Å²) in [5, 5.41) is 17.5. The Bertz CT molecular complexity index is 859. The van der Waals surface area contributed by atoms with E-state index in [-0.39, 0.29) is 11.8 Å². The second-order valence-corrected chi connectivity index (χ2v) is 7.09. The van der Waals surface area contributed by atoms with E-state index in [9.17, 15) is 14.7 Å². The molecule has 7 nitrogen and oxygen atoms in total. The number of carboxylic acid groups (broad SMARTS) is 1. The summed E-state index contributed by atoms with van der Waals surface area (Å²) in [5.74, 6) is -0.830. The summed E-state index contributed by atoms with van der Waals surface area (Å²) in [7, 11) is 0. The van der Waals surface area contributed by atoms with Crippen molar-refractivity contribution in [3.63, 3.8) is 0 Å². The van der Waals surface area contributed by atoms with Crippen molar-refractivity contribution in [3.05, 3.63) is 23.0 Å². The molecule has 3 heterocycles. The minimum atomic E-state index is -0.768. The van der Waals surface area contributed by atoms with Gasteiger partial charge in [-0.05, 0) is 38.7 Å². The first-order valence-corrected chi connectivity index (χ1v) is 8.27. The van der Waals surface area contributed by atoms with Crippen LogP contribution in [0.5, 0.6) is 0 Å². The Kier molecular flexibility index (Phi) is 3.16. The van der Waals surface area contributed by atoms with Crippen molar-refractivity contribution in [2.24, 2.45) is 11.3 Å². The van der Waals surface area contributed by atoms with Gasteiger partial charge in [-0.2, -0.15) is 5.10 Å². The molecule has 4 rings (SSSR count). The predicted octanol–water partition coefficient (Wildman–Crippen LogP) is 1.90. The van der Waals surface area contributed by atoms with Gasteiger partial charge in [-0.3, -0.25) is 14.7 Å². The number of fused-ring (bicyclic) bond motifs is 2. The Balaban J connectivity index is 1.73. The molecular formula is C17H20N4O3. The normalized spacial score (nSPS) is 26.1. The van der Waals surface area contributed by atoms with Gasteiger partial charge in [-0.25, -0.2) is 4.98 Å². The zero-order chi connectivity index (χ0) is 17.1. The van der Waals surface area contributed by atoms with Crippen molar-refractivity contribution < 1.29 is 14.7 Å². The topological polar surface area (TPSA) is 99.2 Å². The van der Waals surface area contributed by atoms with Crippen LogP contribution in [0.2, 0.25) is 0 Å². The number of aryl methyl sites for hydroxylation is 2. The molecule has 2 N–H and O–H groups in total. The second-order valence-electron chi connectivity index (χ2n) is 7.09. The zero-order valence-electron chi connectivity index (χ0n) is 13.8. The summed E-state index contributed by atoms with van der Waals surface area (Å²) < 4.78 is 0. The number of pyridine rings is 1. The first-order chi connectivity index (χ1) is 11.4. The molecule has 1 amide bonds. The highest BCUT2D eigenvalue weighted by atomic mass is 16.4. The number of hydrogen-bond acceptors (Lipinski definition) is 4. The summed E-state index contributed by atoms with van der Waals surface area (Å²) in [5.41, 5.74) is 1.85. The second kappa shape index (κ2) is 5.03. The largest absolute Gasteiger partial charge is 0.481 e. The Morgan fingerprint density at radius 3 is 2.92 bits per heavy atom. The number of carbonyl (C=O) groups is 2. The summed E-state index contributed by atoms with van der Waals surface area (Å²) in [6.07, 6.45) is 2.47. The summed E-state index contributed by atoms with van der Waals surface area (Å²) in [4.78, 5) is 31.0. The van der Waals surface area contributed by atoms with E-state index in [0.717, 1.165) is 29.6 Å². The van der Waals surface area contributed by atoms with Crippen LogP contribution >= 0.6 is 0 Å². The molecule has 1 saturated heterocycles. The fourth-order valence-corrected chi connectivity index (χ4v) is 4.43. The number of rotatable bonds is 2. The molecule has 0 bridgehead atoms. The number of nitrogens with one attached hydrogen (secondary N) is 1. The number of likely N-dealkylation sites (tertiary alicyclic amines) is 1. The Hall–Kier alpha value is -2.44. The molecule has 7 heteroatoms. The molecule has 2 aromatic rings. The first-order valence-electron chi connectivity index (χ1n) is 8.27. The van der Waals surface area contributed by atoms with Crippen molar-refractivity contribution in [2.75, 3.05) is 13.1 Å². The molecule has 2 aromatic heterocycles. The van der Waals surface area contributed by atoms with Crippen LogP contribution in [0, 0.1) is 25.2 Å². The fourth-order valence-electron chi connectivity index (χ4n) is 4.43. The van der Waals surface area contributed by atoms with Gasteiger partial charge >= 0.3 is 5.97 Å². The molecule has 2 atom stereocenters. The van der Waals surface area contributed by atoms with Crippen LogP contribution in [-0.4, -0.2) is 50.2 Å². The number of carbonyl (C=O) groups excluding carboxylic acids is 1. The van der Waals surface area contributed by atoms with Crippen molar-refractivity contribution in [2.45, 2.75) is 33.1 Å². The van der Waals surface area contributed by atoms with E-state index in [1.165, 1.54) is 0 Å². The average molecular weight is 328 g/mol. The third-order valence-corrected chi connectivity index (χ3v) is 5.65. The third-order valence-electron chi connectivity index (χ3n) is 5.65. The van der Waals surface area contributed by atoms with Gasteiger partial charge in [0.2, 0.25) is 0 Å². The van der Waals surface area contributed by atoms with E-state index in [0.29, 0.717) is 30.7 Å². The van der Waals surface area contributed by atoms with Crippen LogP contribution in [0.25, 0.3) is 11.0 Å². The summed E-state index contributed by atoms with van der Waals surface area (Å²) >= 11 is 0. The third kappa shape index (κ3) is 1.96. The zero-order valence-corrected chi connectivity index (χ0v) is 13.8.